The number of piperidine rings is 1. The molecule has 1 amide bonds. The summed E-state index contributed by atoms with van der Waals surface area (Å²) >= 11 is 0. The van der Waals surface area contributed by atoms with Gasteiger partial charge in [0.1, 0.15) is 12.1 Å². The minimum atomic E-state index is -0.780. The Bertz CT molecular complexity index is 1060. The van der Waals surface area contributed by atoms with Gasteiger partial charge in [0.2, 0.25) is 5.91 Å². The number of carbonyl (C=O) groups excluding carboxylic acids is 1. The normalized spacial score (nSPS) is 16.9. The minimum Gasteiger partial charge on any atom is -0.481 e. The first-order valence-electron chi connectivity index (χ1n) is 9.16. The van der Waals surface area contributed by atoms with E-state index in [1.807, 2.05) is 29.2 Å². The highest BCUT2D eigenvalue weighted by Gasteiger charge is 2.27. The number of carboxylic acids is 1. The lowest BCUT2D eigenvalue weighted by molar-refractivity contribution is -0.141. The Morgan fingerprint density at radius 2 is 1.96 bits per heavy atom. The summed E-state index contributed by atoms with van der Waals surface area (Å²) in [5.74, 6) is -0.962. The fraction of sp³-hybridized carbons (Fsp3) is 0.238. The molecule has 1 atom stereocenters. The van der Waals surface area contributed by atoms with Crippen LogP contribution in [0.2, 0.25) is 0 Å². The molecule has 7 nitrogen and oxygen atoms in total. The molecule has 2 aromatic carbocycles. The van der Waals surface area contributed by atoms with E-state index in [4.69, 9.17) is 5.73 Å². The van der Waals surface area contributed by atoms with Crippen molar-refractivity contribution in [3.63, 3.8) is 0 Å². The summed E-state index contributed by atoms with van der Waals surface area (Å²) in [7, 11) is 0. The number of carbonyl (C=O) groups is 2. The standard InChI is InChI=1S/C21H20N4O3/c22-19(26)14-5-1-4-13(10-14)16-7-2-8-17-18(16)20(24-12-23-17)25-9-3-6-15(11-25)21(27)28/h1-2,4-5,7-8,10,12,15H,3,6,9,11H2,(H2,22,26)(H,27,28). The third-order valence-corrected chi connectivity index (χ3v) is 5.17. The third kappa shape index (κ3) is 3.26. The Morgan fingerprint density at radius 1 is 1.14 bits per heavy atom. The van der Waals surface area contributed by atoms with Gasteiger partial charge in [-0.25, -0.2) is 9.97 Å². The van der Waals surface area contributed by atoms with E-state index in [1.54, 1.807) is 18.2 Å². The molecule has 0 saturated carbocycles. The van der Waals surface area contributed by atoms with E-state index >= 15 is 0 Å². The molecule has 1 aliphatic rings. The maximum atomic E-state index is 11.6. The summed E-state index contributed by atoms with van der Waals surface area (Å²) in [4.78, 5) is 34.0. The number of amides is 1. The Labute approximate surface area is 161 Å². The van der Waals surface area contributed by atoms with Gasteiger partial charge < -0.3 is 15.7 Å². The summed E-state index contributed by atoms with van der Waals surface area (Å²) in [6.45, 7) is 1.16. The summed E-state index contributed by atoms with van der Waals surface area (Å²) in [5.41, 5.74) is 8.35. The number of benzene rings is 2. The van der Waals surface area contributed by atoms with Gasteiger partial charge in [0.05, 0.1) is 16.8 Å². The van der Waals surface area contributed by atoms with E-state index in [9.17, 15) is 14.7 Å². The molecular formula is C21H20N4O3. The predicted molar refractivity (Wildman–Crippen MR) is 106 cm³/mol. The average molecular weight is 376 g/mol. The second kappa shape index (κ2) is 7.26. The second-order valence-corrected chi connectivity index (χ2v) is 6.97. The number of nitrogens with two attached hydrogens (primary N) is 1. The molecule has 7 heteroatoms. The Kier molecular flexibility index (Phi) is 4.65. The number of aliphatic carboxylic acids is 1. The lowest BCUT2D eigenvalue weighted by Crippen LogP contribution is -2.39. The Hall–Kier alpha value is -3.48. The second-order valence-electron chi connectivity index (χ2n) is 6.97. The van der Waals surface area contributed by atoms with E-state index in [-0.39, 0.29) is 0 Å². The van der Waals surface area contributed by atoms with Gasteiger partial charge in [-0.1, -0.05) is 24.3 Å². The molecule has 1 saturated heterocycles. The highest BCUT2D eigenvalue weighted by Crippen LogP contribution is 2.35. The predicted octanol–water partition coefficient (Wildman–Crippen LogP) is 2.70. The summed E-state index contributed by atoms with van der Waals surface area (Å²) in [6, 6.07) is 12.9. The quantitative estimate of drug-likeness (QED) is 0.724. The molecule has 1 unspecified atom stereocenters. The Morgan fingerprint density at radius 3 is 2.75 bits per heavy atom. The van der Waals surface area contributed by atoms with Crippen molar-refractivity contribution >= 4 is 28.6 Å². The lowest BCUT2D eigenvalue weighted by Gasteiger charge is -2.32. The number of nitrogens with zero attached hydrogens (tertiary/aromatic N) is 3. The average Bonchev–Trinajstić information content (AvgIpc) is 2.73. The minimum absolute atomic E-state index is 0.413. The van der Waals surface area contributed by atoms with Crippen LogP contribution < -0.4 is 10.6 Å². The van der Waals surface area contributed by atoms with Crippen molar-refractivity contribution in [2.45, 2.75) is 12.8 Å². The van der Waals surface area contributed by atoms with Crippen molar-refractivity contribution in [2.75, 3.05) is 18.0 Å². The van der Waals surface area contributed by atoms with Gasteiger partial charge in [-0.15, -0.1) is 0 Å². The van der Waals surface area contributed by atoms with E-state index < -0.39 is 17.8 Å². The van der Waals surface area contributed by atoms with Gasteiger partial charge in [0.15, 0.2) is 0 Å². The van der Waals surface area contributed by atoms with Crippen molar-refractivity contribution in [3.8, 4) is 11.1 Å². The Balaban J connectivity index is 1.86. The van der Waals surface area contributed by atoms with Gasteiger partial charge in [-0.3, -0.25) is 9.59 Å². The van der Waals surface area contributed by atoms with Crippen LogP contribution in [0, 0.1) is 5.92 Å². The molecule has 1 fully saturated rings. The number of hydrogen-bond acceptors (Lipinski definition) is 5. The number of fused-ring (bicyclic) bond motifs is 1. The fourth-order valence-corrected chi connectivity index (χ4v) is 3.78. The molecule has 1 aromatic heterocycles. The monoisotopic (exact) mass is 376 g/mol. The molecule has 0 bridgehead atoms. The van der Waals surface area contributed by atoms with Crippen LogP contribution >= 0.6 is 0 Å². The maximum absolute atomic E-state index is 11.6. The topological polar surface area (TPSA) is 109 Å². The van der Waals surface area contributed by atoms with Crippen LogP contribution in [0.5, 0.6) is 0 Å². The largest absolute Gasteiger partial charge is 0.481 e. The van der Waals surface area contributed by atoms with Crippen LogP contribution in [0.15, 0.2) is 48.8 Å². The van der Waals surface area contributed by atoms with Crippen LogP contribution in [0.3, 0.4) is 0 Å². The van der Waals surface area contributed by atoms with Crippen molar-refractivity contribution in [1.82, 2.24) is 9.97 Å². The van der Waals surface area contributed by atoms with E-state index in [1.165, 1.54) is 6.33 Å². The molecule has 0 spiro atoms. The zero-order valence-electron chi connectivity index (χ0n) is 15.2. The lowest BCUT2D eigenvalue weighted by atomic mass is 9.96. The van der Waals surface area contributed by atoms with Crippen molar-refractivity contribution < 1.29 is 14.7 Å². The molecule has 2 heterocycles. The van der Waals surface area contributed by atoms with Crippen LogP contribution in [-0.4, -0.2) is 40.0 Å². The van der Waals surface area contributed by atoms with E-state index in [0.29, 0.717) is 18.5 Å². The molecule has 1 aliphatic heterocycles. The molecular weight excluding hydrogens is 356 g/mol. The fourth-order valence-electron chi connectivity index (χ4n) is 3.78. The molecule has 3 N–H and O–H groups in total. The summed E-state index contributed by atoms with van der Waals surface area (Å²) in [6.07, 6.45) is 2.97. The third-order valence-electron chi connectivity index (χ3n) is 5.17. The molecule has 28 heavy (non-hydrogen) atoms. The molecule has 3 aromatic rings. The molecule has 4 rings (SSSR count). The first kappa shape index (κ1) is 17.9. The zero-order chi connectivity index (χ0) is 19.7. The number of rotatable bonds is 4. The van der Waals surface area contributed by atoms with Crippen molar-refractivity contribution in [3.05, 3.63) is 54.4 Å². The van der Waals surface area contributed by atoms with Crippen molar-refractivity contribution in [1.29, 1.82) is 0 Å². The number of carboxylic acid groups (broad SMARTS) is 1. The van der Waals surface area contributed by atoms with Gasteiger partial charge in [-0.05, 0) is 42.2 Å². The first-order valence-corrected chi connectivity index (χ1v) is 9.16. The van der Waals surface area contributed by atoms with Crippen LogP contribution in [0.25, 0.3) is 22.0 Å². The van der Waals surface area contributed by atoms with Crippen molar-refractivity contribution in [2.24, 2.45) is 11.7 Å². The number of aromatic nitrogens is 2. The first-order chi connectivity index (χ1) is 13.5. The van der Waals surface area contributed by atoms with Gasteiger partial charge in [0, 0.05) is 18.7 Å². The maximum Gasteiger partial charge on any atom is 0.308 e. The molecule has 142 valence electrons. The number of primary amides is 1. The molecule has 0 radical (unpaired) electrons. The van der Waals surface area contributed by atoms with Crippen LogP contribution in [0.4, 0.5) is 5.82 Å². The smallest absolute Gasteiger partial charge is 0.308 e. The number of hydrogen-bond donors (Lipinski definition) is 2. The van der Waals surface area contributed by atoms with E-state index in [0.717, 1.165) is 40.8 Å². The van der Waals surface area contributed by atoms with Crippen LogP contribution in [0.1, 0.15) is 23.2 Å². The van der Waals surface area contributed by atoms with Gasteiger partial charge in [-0.2, -0.15) is 0 Å². The SMILES string of the molecule is NC(=O)c1cccc(-c2cccc3ncnc(N4CCCC(C(=O)O)C4)c23)c1. The molecule has 0 aliphatic carbocycles. The number of anilines is 1. The highest BCUT2D eigenvalue weighted by atomic mass is 16.4. The van der Waals surface area contributed by atoms with Gasteiger partial charge in [0.25, 0.3) is 0 Å². The van der Waals surface area contributed by atoms with Gasteiger partial charge >= 0.3 is 5.97 Å². The summed E-state index contributed by atoms with van der Waals surface area (Å²) in [5, 5.41) is 10.3. The highest BCUT2D eigenvalue weighted by molar-refractivity contribution is 6.03. The zero-order valence-corrected chi connectivity index (χ0v) is 15.2. The van der Waals surface area contributed by atoms with Crippen LogP contribution in [-0.2, 0) is 4.79 Å². The van der Waals surface area contributed by atoms with E-state index in [2.05, 4.69) is 9.97 Å². The summed E-state index contributed by atoms with van der Waals surface area (Å²) < 4.78 is 0.